The van der Waals surface area contributed by atoms with Gasteiger partial charge in [-0.25, -0.2) is 0 Å². The average Bonchev–Trinajstić information content (AvgIpc) is 3.34. The largest absolute Gasteiger partial charge is 0.503 e. The fourth-order valence-corrected chi connectivity index (χ4v) is 4.80. The second-order valence-corrected chi connectivity index (χ2v) is 8.96. The Labute approximate surface area is 201 Å². The molecule has 1 unspecified atom stereocenters. The topological polar surface area (TPSA) is 74.0 Å². The third-order valence-electron chi connectivity index (χ3n) is 6.05. The number of hydrogen-bond acceptors (Lipinski definition) is 5. The predicted molar refractivity (Wildman–Crippen MR) is 133 cm³/mol. The van der Waals surface area contributed by atoms with Crippen LogP contribution in [-0.4, -0.2) is 41.3 Å². The van der Waals surface area contributed by atoms with Gasteiger partial charge in [-0.1, -0.05) is 35.0 Å². The molecule has 0 radical (unpaired) electrons. The van der Waals surface area contributed by atoms with Gasteiger partial charge in [0.05, 0.1) is 11.6 Å². The molecule has 0 saturated heterocycles. The highest BCUT2D eigenvalue weighted by Gasteiger charge is 2.44. The molecule has 7 heteroatoms. The SMILES string of the molecule is CCCN1C(=O)C(O)=C(C(=O)c2cc3cc(Br)ccc3o2)C1c1ccc(N(CC)CC)cc1. The van der Waals surface area contributed by atoms with Crippen LogP contribution in [0.5, 0.6) is 0 Å². The zero-order valence-corrected chi connectivity index (χ0v) is 20.6. The highest BCUT2D eigenvalue weighted by Crippen LogP contribution is 2.40. The monoisotopic (exact) mass is 510 g/mol. The van der Waals surface area contributed by atoms with Crippen LogP contribution in [0.25, 0.3) is 11.0 Å². The Morgan fingerprint density at radius 3 is 2.42 bits per heavy atom. The van der Waals surface area contributed by atoms with Crippen molar-refractivity contribution in [1.82, 2.24) is 4.90 Å². The third-order valence-corrected chi connectivity index (χ3v) is 6.55. The molecule has 0 saturated carbocycles. The van der Waals surface area contributed by atoms with Crippen LogP contribution in [0.15, 0.2) is 68.8 Å². The highest BCUT2D eigenvalue weighted by atomic mass is 79.9. The number of carbonyl (C=O) groups is 2. The fourth-order valence-electron chi connectivity index (χ4n) is 4.42. The van der Waals surface area contributed by atoms with Crippen molar-refractivity contribution < 1.29 is 19.1 Å². The number of benzene rings is 2. The van der Waals surface area contributed by atoms with E-state index in [-0.39, 0.29) is 11.3 Å². The van der Waals surface area contributed by atoms with Crippen molar-refractivity contribution in [3.8, 4) is 0 Å². The van der Waals surface area contributed by atoms with Gasteiger partial charge < -0.3 is 19.3 Å². The van der Waals surface area contributed by atoms with Gasteiger partial charge >= 0.3 is 0 Å². The Morgan fingerprint density at radius 1 is 1.09 bits per heavy atom. The van der Waals surface area contributed by atoms with Crippen molar-refractivity contribution in [3.05, 3.63) is 75.7 Å². The summed E-state index contributed by atoms with van der Waals surface area (Å²) in [5, 5.41) is 11.5. The maximum atomic E-state index is 13.5. The molecule has 0 fully saturated rings. The number of aliphatic hydroxyl groups is 1. The fraction of sp³-hybridized carbons (Fsp3) is 0.308. The molecule has 3 aromatic rings. The molecule has 0 aliphatic carbocycles. The predicted octanol–water partition coefficient (Wildman–Crippen LogP) is 6.03. The molecule has 172 valence electrons. The summed E-state index contributed by atoms with van der Waals surface area (Å²) in [7, 11) is 0. The van der Waals surface area contributed by atoms with E-state index in [4.69, 9.17) is 4.42 Å². The number of rotatable bonds is 8. The lowest BCUT2D eigenvalue weighted by atomic mass is 9.94. The van der Waals surface area contributed by atoms with Crippen molar-refractivity contribution >= 4 is 44.3 Å². The number of carbonyl (C=O) groups excluding carboxylic acids is 2. The molecule has 1 amide bonds. The number of ketones is 1. The molecule has 1 atom stereocenters. The number of furan rings is 1. The van der Waals surface area contributed by atoms with Crippen LogP contribution in [0.1, 0.15) is 49.4 Å². The van der Waals surface area contributed by atoms with Gasteiger partial charge in [0, 0.05) is 35.2 Å². The average molecular weight is 511 g/mol. The lowest BCUT2D eigenvalue weighted by Crippen LogP contribution is -2.31. The van der Waals surface area contributed by atoms with Gasteiger partial charge in [-0.15, -0.1) is 0 Å². The molecular weight excluding hydrogens is 484 g/mol. The first kappa shape index (κ1) is 23.1. The number of halogens is 1. The Balaban J connectivity index is 1.76. The van der Waals surface area contributed by atoms with Crippen LogP contribution in [0.4, 0.5) is 5.69 Å². The van der Waals surface area contributed by atoms with Gasteiger partial charge in [-0.05, 0) is 62.2 Å². The number of fused-ring (bicyclic) bond motifs is 1. The molecule has 0 spiro atoms. The van der Waals surface area contributed by atoms with E-state index in [0.29, 0.717) is 18.5 Å². The van der Waals surface area contributed by atoms with Crippen molar-refractivity contribution in [2.45, 2.75) is 33.2 Å². The second-order valence-electron chi connectivity index (χ2n) is 8.05. The first-order valence-electron chi connectivity index (χ1n) is 11.2. The van der Waals surface area contributed by atoms with Crippen LogP contribution >= 0.6 is 15.9 Å². The molecule has 4 rings (SSSR count). The molecule has 0 bridgehead atoms. The van der Waals surface area contributed by atoms with Crippen molar-refractivity contribution in [2.24, 2.45) is 0 Å². The van der Waals surface area contributed by atoms with Crippen LogP contribution < -0.4 is 4.90 Å². The molecular formula is C26H27BrN2O4. The minimum Gasteiger partial charge on any atom is -0.503 e. The maximum Gasteiger partial charge on any atom is 0.290 e. The van der Waals surface area contributed by atoms with Crippen LogP contribution in [0.2, 0.25) is 0 Å². The maximum absolute atomic E-state index is 13.5. The third kappa shape index (κ3) is 4.17. The molecule has 6 nitrogen and oxygen atoms in total. The summed E-state index contributed by atoms with van der Waals surface area (Å²) in [6, 6.07) is 14.3. The summed E-state index contributed by atoms with van der Waals surface area (Å²) in [6.45, 7) is 8.34. The molecule has 1 aromatic heterocycles. The molecule has 33 heavy (non-hydrogen) atoms. The van der Waals surface area contributed by atoms with Gasteiger partial charge in [0.2, 0.25) is 5.78 Å². The first-order chi connectivity index (χ1) is 15.9. The van der Waals surface area contributed by atoms with Gasteiger partial charge in [-0.3, -0.25) is 9.59 Å². The van der Waals surface area contributed by atoms with E-state index in [9.17, 15) is 14.7 Å². The summed E-state index contributed by atoms with van der Waals surface area (Å²) in [5.41, 5.74) is 2.47. The number of aliphatic hydroxyl groups excluding tert-OH is 1. The number of anilines is 1. The minimum absolute atomic E-state index is 0.0576. The van der Waals surface area contributed by atoms with E-state index in [1.165, 1.54) is 0 Å². The summed E-state index contributed by atoms with van der Waals surface area (Å²) in [6.07, 6.45) is 0.702. The van der Waals surface area contributed by atoms with Crippen LogP contribution in [0.3, 0.4) is 0 Å². The molecule has 1 N–H and O–H groups in total. The van der Waals surface area contributed by atoms with Gasteiger partial charge in [0.1, 0.15) is 5.58 Å². The van der Waals surface area contributed by atoms with Crippen molar-refractivity contribution in [2.75, 3.05) is 24.5 Å². The lowest BCUT2D eigenvalue weighted by Gasteiger charge is -2.27. The van der Waals surface area contributed by atoms with Crippen molar-refractivity contribution in [3.63, 3.8) is 0 Å². The van der Waals surface area contributed by atoms with Crippen LogP contribution in [0, 0.1) is 0 Å². The van der Waals surface area contributed by atoms with E-state index in [0.717, 1.165) is 34.2 Å². The van der Waals surface area contributed by atoms with Crippen LogP contribution in [-0.2, 0) is 4.79 Å². The Bertz CT molecular complexity index is 1220. The molecule has 2 heterocycles. The number of Topliss-reactive ketones (excluding diaryl/α,β-unsaturated/α-hetero) is 1. The summed E-state index contributed by atoms with van der Waals surface area (Å²) in [4.78, 5) is 30.3. The summed E-state index contributed by atoms with van der Waals surface area (Å²) >= 11 is 3.42. The first-order valence-corrected chi connectivity index (χ1v) is 12.0. The van der Waals surface area contributed by atoms with E-state index < -0.39 is 23.5 Å². The van der Waals surface area contributed by atoms with E-state index in [1.807, 2.05) is 43.3 Å². The van der Waals surface area contributed by atoms with Gasteiger partial charge in [0.15, 0.2) is 11.5 Å². The Hall–Kier alpha value is -3.06. The number of amides is 1. The molecule has 1 aliphatic heterocycles. The standard InChI is InChI=1S/C26H27BrN2O4/c1-4-13-29-23(16-7-10-19(11-8-16)28(5-2)6-3)22(25(31)26(29)32)24(30)21-15-17-14-18(27)9-12-20(17)33-21/h7-12,14-15,23,31H,4-6,13H2,1-3H3. The van der Waals surface area contributed by atoms with Gasteiger partial charge in [0.25, 0.3) is 5.91 Å². The normalized spacial score (nSPS) is 16.2. The number of hydrogen-bond donors (Lipinski definition) is 1. The Kier molecular flexibility index (Phi) is 6.61. The van der Waals surface area contributed by atoms with E-state index >= 15 is 0 Å². The quantitative estimate of drug-likeness (QED) is 0.374. The zero-order valence-electron chi connectivity index (χ0n) is 19.0. The molecule has 1 aliphatic rings. The summed E-state index contributed by atoms with van der Waals surface area (Å²) in [5.74, 6) is -1.42. The van der Waals surface area contributed by atoms with Crippen molar-refractivity contribution in [1.29, 1.82) is 0 Å². The molecule has 2 aromatic carbocycles. The van der Waals surface area contributed by atoms with E-state index in [2.05, 4.69) is 34.7 Å². The smallest absolute Gasteiger partial charge is 0.290 e. The lowest BCUT2D eigenvalue weighted by molar-refractivity contribution is -0.129. The highest BCUT2D eigenvalue weighted by molar-refractivity contribution is 9.10. The van der Waals surface area contributed by atoms with Gasteiger partial charge in [-0.2, -0.15) is 0 Å². The number of nitrogens with zero attached hydrogens (tertiary/aromatic N) is 2. The second kappa shape index (κ2) is 9.43. The Morgan fingerprint density at radius 2 is 1.79 bits per heavy atom. The summed E-state index contributed by atoms with van der Waals surface area (Å²) < 4.78 is 6.66. The zero-order chi connectivity index (χ0) is 23.7. The minimum atomic E-state index is -0.671. The van der Waals surface area contributed by atoms with E-state index in [1.54, 1.807) is 17.0 Å².